The Balaban J connectivity index is 1.78. The maximum Gasteiger partial charge on any atom is 0.253 e. The fourth-order valence-electron chi connectivity index (χ4n) is 2.68. The molecular weight excluding hydrogens is 472 g/mol. The molecule has 3 aromatic carbocycles. The first-order valence-electron chi connectivity index (χ1n) is 8.43. The summed E-state index contributed by atoms with van der Waals surface area (Å²) in [5.74, 6) is -0.411. The molecule has 0 heterocycles. The normalized spacial score (nSPS) is 12.3. The van der Waals surface area contributed by atoms with Crippen molar-refractivity contribution < 1.29 is 4.79 Å². The summed E-state index contributed by atoms with van der Waals surface area (Å²) >= 11 is 29.6. The Morgan fingerprint density at radius 1 is 0.897 bits per heavy atom. The molecule has 0 fully saturated rings. The molecule has 0 radical (unpaired) electrons. The summed E-state index contributed by atoms with van der Waals surface area (Å²) in [5.41, 5.74) is 1.03. The lowest BCUT2D eigenvalue weighted by Crippen LogP contribution is -2.56. The van der Waals surface area contributed by atoms with Crippen LogP contribution in [0.1, 0.15) is 10.4 Å². The molecule has 0 aliphatic carbocycles. The number of halogens is 4. The van der Waals surface area contributed by atoms with Crippen LogP contribution in [0, 0.1) is 0 Å². The Kier molecular flexibility index (Phi) is 7.09. The highest BCUT2D eigenvalue weighted by molar-refractivity contribution is 7.80. The number of nitrogens with one attached hydrogen (secondary N) is 3. The summed E-state index contributed by atoms with van der Waals surface area (Å²) in [6, 6.07) is 20.0. The fraction of sp³-hybridized carbons (Fsp3) is 0.100. The Morgan fingerprint density at radius 3 is 2.28 bits per heavy atom. The number of amides is 1. The highest BCUT2D eigenvalue weighted by Gasteiger charge is 2.35. The molecule has 29 heavy (non-hydrogen) atoms. The zero-order valence-electron chi connectivity index (χ0n) is 14.8. The van der Waals surface area contributed by atoms with Gasteiger partial charge in [0.25, 0.3) is 5.91 Å². The van der Waals surface area contributed by atoms with Crippen molar-refractivity contribution in [2.45, 2.75) is 9.96 Å². The van der Waals surface area contributed by atoms with E-state index < -0.39 is 15.9 Å². The van der Waals surface area contributed by atoms with Crippen molar-refractivity contribution in [2.75, 3.05) is 5.32 Å². The number of alkyl halides is 3. The Hall–Kier alpha value is -1.76. The van der Waals surface area contributed by atoms with Gasteiger partial charge in [-0.15, -0.1) is 0 Å². The van der Waals surface area contributed by atoms with Crippen molar-refractivity contribution >= 4 is 86.1 Å². The van der Waals surface area contributed by atoms with Gasteiger partial charge >= 0.3 is 0 Å². The van der Waals surface area contributed by atoms with Crippen molar-refractivity contribution in [3.8, 4) is 0 Å². The van der Waals surface area contributed by atoms with E-state index in [9.17, 15) is 4.79 Å². The molecule has 3 rings (SSSR count). The van der Waals surface area contributed by atoms with Crippen LogP contribution < -0.4 is 16.0 Å². The van der Waals surface area contributed by atoms with Crippen LogP contribution in [0.25, 0.3) is 10.8 Å². The van der Waals surface area contributed by atoms with E-state index in [0.29, 0.717) is 16.3 Å². The van der Waals surface area contributed by atoms with Crippen LogP contribution in [0.4, 0.5) is 5.69 Å². The van der Waals surface area contributed by atoms with E-state index in [1.54, 1.807) is 36.4 Å². The molecule has 0 saturated carbocycles. The largest absolute Gasteiger partial charge is 0.339 e. The van der Waals surface area contributed by atoms with Crippen molar-refractivity contribution in [1.82, 2.24) is 10.6 Å². The number of hydrogen-bond acceptors (Lipinski definition) is 2. The van der Waals surface area contributed by atoms with Gasteiger partial charge in [-0.3, -0.25) is 4.79 Å². The second-order valence-corrected chi connectivity index (χ2v) is 9.24. The summed E-state index contributed by atoms with van der Waals surface area (Å²) in [6.07, 6.45) is -1.10. The molecule has 150 valence electrons. The standard InChI is InChI=1S/C20H15Cl4N3OS/c21-15-10-3-4-11-16(15)25-19(29)27-18(20(22,23)24)26-17(28)14-9-5-7-12-6-1-2-8-13(12)14/h1-11,18H,(H,26,28)(H2,25,27,29)/t18-/m0/s1. The van der Waals surface area contributed by atoms with Crippen molar-refractivity contribution in [1.29, 1.82) is 0 Å². The smallest absolute Gasteiger partial charge is 0.253 e. The van der Waals surface area contributed by atoms with Gasteiger partial charge in [0.15, 0.2) is 5.11 Å². The molecule has 3 N–H and O–H groups in total. The quantitative estimate of drug-likeness (QED) is 0.244. The molecule has 3 aromatic rings. The molecule has 0 aliphatic heterocycles. The summed E-state index contributed by atoms with van der Waals surface area (Å²) in [5, 5.41) is 10.7. The first-order chi connectivity index (χ1) is 13.8. The van der Waals surface area contributed by atoms with Crippen molar-refractivity contribution in [2.24, 2.45) is 0 Å². The summed E-state index contributed by atoms with van der Waals surface area (Å²) in [6.45, 7) is 0. The second-order valence-electron chi connectivity index (χ2n) is 6.05. The van der Waals surface area contributed by atoms with Crippen LogP contribution in [0.15, 0.2) is 66.7 Å². The fourth-order valence-corrected chi connectivity index (χ4v) is 3.42. The molecule has 1 amide bonds. The predicted octanol–water partition coefficient (Wildman–Crippen LogP) is 5.91. The SMILES string of the molecule is O=C(N[C@@H](NC(=S)Nc1ccccc1Cl)C(Cl)(Cl)Cl)c1cccc2ccccc12. The van der Waals surface area contributed by atoms with E-state index in [0.717, 1.165) is 10.8 Å². The monoisotopic (exact) mass is 485 g/mol. The van der Waals surface area contributed by atoms with E-state index >= 15 is 0 Å². The Bertz CT molecular complexity index is 1050. The highest BCUT2D eigenvalue weighted by atomic mass is 35.6. The second kappa shape index (κ2) is 9.37. The molecule has 0 unspecified atom stereocenters. The first kappa shape index (κ1) is 21.9. The number of carbonyl (C=O) groups excluding carboxylic acids is 1. The summed E-state index contributed by atoms with van der Waals surface area (Å²) in [7, 11) is 0. The van der Waals surface area contributed by atoms with Gasteiger partial charge in [-0.1, -0.05) is 94.9 Å². The third-order valence-electron chi connectivity index (χ3n) is 4.03. The van der Waals surface area contributed by atoms with Gasteiger partial charge in [0, 0.05) is 5.56 Å². The number of para-hydroxylation sites is 1. The minimum Gasteiger partial charge on any atom is -0.339 e. The molecule has 0 aromatic heterocycles. The van der Waals surface area contributed by atoms with E-state index in [1.165, 1.54) is 0 Å². The molecule has 1 atom stereocenters. The average molecular weight is 487 g/mol. The number of benzene rings is 3. The van der Waals surface area contributed by atoms with E-state index in [-0.39, 0.29) is 5.11 Å². The van der Waals surface area contributed by atoms with Crippen molar-refractivity contribution in [3.05, 3.63) is 77.3 Å². The van der Waals surface area contributed by atoms with Gasteiger partial charge in [-0.25, -0.2) is 0 Å². The average Bonchev–Trinajstić information content (AvgIpc) is 2.68. The van der Waals surface area contributed by atoms with Crippen LogP contribution in [-0.2, 0) is 0 Å². The number of rotatable bonds is 4. The van der Waals surface area contributed by atoms with E-state index in [2.05, 4.69) is 16.0 Å². The Morgan fingerprint density at radius 2 is 1.55 bits per heavy atom. The molecule has 0 bridgehead atoms. The van der Waals surface area contributed by atoms with E-state index in [1.807, 2.05) is 30.3 Å². The number of hydrogen-bond donors (Lipinski definition) is 3. The number of fused-ring (bicyclic) bond motifs is 1. The molecule has 0 saturated heterocycles. The van der Waals surface area contributed by atoms with E-state index in [4.69, 9.17) is 58.6 Å². The van der Waals surface area contributed by atoms with Gasteiger partial charge < -0.3 is 16.0 Å². The zero-order valence-corrected chi connectivity index (χ0v) is 18.6. The first-order valence-corrected chi connectivity index (χ1v) is 10.3. The topological polar surface area (TPSA) is 53.2 Å². The van der Waals surface area contributed by atoms with Crippen LogP contribution in [0.3, 0.4) is 0 Å². The summed E-state index contributed by atoms with van der Waals surface area (Å²) in [4.78, 5) is 12.9. The van der Waals surface area contributed by atoms with Crippen LogP contribution >= 0.6 is 58.6 Å². The molecular formula is C20H15Cl4N3OS. The highest BCUT2D eigenvalue weighted by Crippen LogP contribution is 2.30. The minimum atomic E-state index is -1.87. The maximum atomic E-state index is 12.9. The summed E-state index contributed by atoms with van der Waals surface area (Å²) < 4.78 is -1.87. The van der Waals surface area contributed by atoms with Gasteiger partial charge in [0.1, 0.15) is 6.17 Å². The lowest BCUT2D eigenvalue weighted by atomic mass is 10.0. The minimum absolute atomic E-state index is 0.132. The van der Waals surface area contributed by atoms with Gasteiger partial charge in [-0.05, 0) is 41.2 Å². The van der Waals surface area contributed by atoms with Crippen molar-refractivity contribution in [3.63, 3.8) is 0 Å². The molecule has 9 heteroatoms. The number of anilines is 1. The third-order valence-corrected chi connectivity index (χ3v) is 5.24. The number of thiocarbonyl (C=S) groups is 1. The molecule has 4 nitrogen and oxygen atoms in total. The van der Waals surface area contributed by atoms with Crippen LogP contribution in [0.2, 0.25) is 5.02 Å². The Labute approximate surface area is 193 Å². The number of carbonyl (C=O) groups is 1. The maximum absolute atomic E-state index is 12.9. The van der Waals surface area contributed by atoms with Crippen LogP contribution in [-0.4, -0.2) is 21.0 Å². The lowest BCUT2D eigenvalue weighted by molar-refractivity contribution is 0.0936. The van der Waals surface area contributed by atoms with Gasteiger partial charge in [0.05, 0.1) is 10.7 Å². The van der Waals surface area contributed by atoms with Gasteiger partial charge in [-0.2, -0.15) is 0 Å². The van der Waals surface area contributed by atoms with Gasteiger partial charge in [0.2, 0.25) is 3.79 Å². The third kappa shape index (κ3) is 5.65. The molecule has 0 spiro atoms. The zero-order chi connectivity index (χ0) is 21.0. The lowest BCUT2D eigenvalue weighted by Gasteiger charge is -2.28. The molecule has 0 aliphatic rings. The van der Waals surface area contributed by atoms with Crippen LogP contribution in [0.5, 0.6) is 0 Å². The predicted molar refractivity (Wildman–Crippen MR) is 126 cm³/mol.